The Labute approximate surface area is 143 Å². The lowest BCUT2D eigenvalue weighted by Crippen LogP contribution is -2.39. The van der Waals surface area contributed by atoms with E-state index in [2.05, 4.69) is 15.3 Å². The summed E-state index contributed by atoms with van der Waals surface area (Å²) in [5, 5.41) is 15.1. The fraction of sp³-hybridized carbons (Fsp3) is 0.333. The Bertz CT molecular complexity index is 1070. The maximum absolute atomic E-state index is 12.5. The SMILES string of the molecule is CC(C)n1c(O)c(C2NCCc3c2[nH]c2ccccc32)c(=O)[nH]c1=O. The van der Waals surface area contributed by atoms with Crippen molar-refractivity contribution in [3.05, 3.63) is 61.9 Å². The molecular weight excluding hydrogens is 320 g/mol. The van der Waals surface area contributed by atoms with Crippen molar-refractivity contribution in [2.24, 2.45) is 0 Å². The van der Waals surface area contributed by atoms with Crippen molar-refractivity contribution < 1.29 is 5.11 Å². The Morgan fingerprint density at radius 2 is 1.96 bits per heavy atom. The van der Waals surface area contributed by atoms with E-state index in [4.69, 9.17) is 0 Å². The molecule has 0 fully saturated rings. The van der Waals surface area contributed by atoms with Gasteiger partial charge in [-0.15, -0.1) is 0 Å². The van der Waals surface area contributed by atoms with Gasteiger partial charge in [-0.25, -0.2) is 4.79 Å². The smallest absolute Gasteiger partial charge is 0.331 e. The summed E-state index contributed by atoms with van der Waals surface area (Å²) in [6.07, 6.45) is 0.832. The van der Waals surface area contributed by atoms with Crippen molar-refractivity contribution in [2.45, 2.75) is 32.4 Å². The average Bonchev–Trinajstić information content (AvgIpc) is 2.93. The summed E-state index contributed by atoms with van der Waals surface area (Å²) in [4.78, 5) is 30.2. The van der Waals surface area contributed by atoms with Gasteiger partial charge in [-0.1, -0.05) is 18.2 Å². The van der Waals surface area contributed by atoms with E-state index in [1.807, 2.05) is 24.3 Å². The van der Waals surface area contributed by atoms with Crippen LogP contribution in [0.3, 0.4) is 0 Å². The Morgan fingerprint density at radius 3 is 2.72 bits per heavy atom. The number of nitrogens with one attached hydrogen (secondary N) is 3. The highest BCUT2D eigenvalue weighted by Crippen LogP contribution is 2.34. The molecule has 0 bridgehead atoms. The lowest BCUT2D eigenvalue weighted by Gasteiger charge is -2.25. The molecule has 3 heterocycles. The van der Waals surface area contributed by atoms with Crippen LogP contribution in [0.25, 0.3) is 10.9 Å². The van der Waals surface area contributed by atoms with Crippen LogP contribution >= 0.6 is 0 Å². The lowest BCUT2D eigenvalue weighted by atomic mass is 9.95. The molecular formula is C18H20N4O3. The first-order valence-corrected chi connectivity index (χ1v) is 8.39. The van der Waals surface area contributed by atoms with E-state index in [1.165, 1.54) is 4.57 Å². The van der Waals surface area contributed by atoms with Gasteiger partial charge in [-0.3, -0.25) is 14.3 Å². The number of hydrogen-bond acceptors (Lipinski definition) is 4. The summed E-state index contributed by atoms with van der Waals surface area (Å²) in [6, 6.07) is 7.21. The number of aromatic amines is 2. The molecule has 1 unspecified atom stereocenters. The zero-order chi connectivity index (χ0) is 17.7. The molecule has 3 aromatic rings. The third kappa shape index (κ3) is 2.31. The molecule has 0 radical (unpaired) electrons. The second-order valence-corrected chi connectivity index (χ2v) is 6.66. The molecule has 1 aliphatic rings. The number of benzene rings is 1. The van der Waals surface area contributed by atoms with Crippen LogP contribution in [0.4, 0.5) is 0 Å². The molecule has 1 aromatic carbocycles. The maximum atomic E-state index is 12.5. The first-order chi connectivity index (χ1) is 12.0. The fourth-order valence-corrected chi connectivity index (χ4v) is 3.72. The molecule has 7 heteroatoms. The van der Waals surface area contributed by atoms with Gasteiger partial charge in [0.05, 0.1) is 6.04 Å². The zero-order valence-corrected chi connectivity index (χ0v) is 14.1. The molecule has 1 atom stereocenters. The number of hydrogen-bond donors (Lipinski definition) is 4. The number of fused-ring (bicyclic) bond motifs is 3. The number of aromatic hydroxyl groups is 1. The highest BCUT2D eigenvalue weighted by Gasteiger charge is 2.31. The second kappa shape index (κ2) is 5.63. The summed E-state index contributed by atoms with van der Waals surface area (Å²) in [5.41, 5.74) is 2.00. The molecule has 2 aromatic heterocycles. The van der Waals surface area contributed by atoms with Crippen molar-refractivity contribution in [3.63, 3.8) is 0 Å². The standard InChI is InChI=1S/C18H20N4O3/c1-9(2)22-17(24)13(16(23)21-18(22)25)15-14-11(7-8-19-15)10-5-3-4-6-12(10)20-14/h3-6,9,15,19-20,24H,7-8H2,1-2H3,(H,21,23,25). The lowest BCUT2D eigenvalue weighted by molar-refractivity contribution is 0.366. The van der Waals surface area contributed by atoms with E-state index in [0.29, 0.717) is 6.54 Å². The van der Waals surface area contributed by atoms with Crippen LogP contribution in [-0.2, 0) is 6.42 Å². The van der Waals surface area contributed by atoms with E-state index in [-0.39, 0.29) is 17.5 Å². The van der Waals surface area contributed by atoms with Gasteiger partial charge in [-0.2, -0.15) is 0 Å². The summed E-state index contributed by atoms with van der Waals surface area (Å²) in [7, 11) is 0. The van der Waals surface area contributed by atoms with Crippen LogP contribution in [0.2, 0.25) is 0 Å². The number of aromatic nitrogens is 3. The minimum atomic E-state index is -0.603. The Hall–Kier alpha value is -2.80. The molecule has 25 heavy (non-hydrogen) atoms. The van der Waals surface area contributed by atoms with Crippen molar-refractivity contribution in [1.29, 1.82) is 0 Å². The van der Waals surface area contributed by atoms with Crippen LogP contribution in [0, 0.1) is 0 Å². The molecule has 0 amide bonds. The van der Waals surface area contributed by atoms with Crippen LogP contribution < -0.4 is 16.6 Å². The van der Waals surface area contributed by atoms with Gasteiger partial charge in [0.15, 0.2) is 0 Å². The first kappa shape index (κ1) is 15.7. The molecule has 1 aliphatic heterocycles. The number of rotatable bonds is 2. The van der Waals surface area contributed by atoms with Crippen molar-refractivity contribution >= 4 is 10.9 Å². The molecule has 4 rings (SSSR count). The average molecular weight is 340 g/mol. The zero-order valence-electron chi connectivity index (χ0n) is 14.1. The summed E-state index contributed by atoms with van der Waals surface area (Å²) in [6.45, 7) is 4.25. The number of nitrogens with zero attached hydrogens (tertiary/aromatic N) is 1. The molecule has 0 spiro atoms. The monoisotopic (exact) mass is 340 g/mol. The Morgan fingerprint density at radius 1 is 1.20 bits per heavy atom. The van der Waals surface area contributed by atoms with E-state index >= 15 is 0 Å². The van der Waals surface area contributed by atoms with E-state index in [0.717, 1.165) is 28.6 Å². The van der Waals surface area contributed by atoms with Gasteiger partial charge in [0.2, 0.25) is 5.88 Å². The van der Waals surface area contributed by atoms with Crippen LogP contribution in [0.15, 0.2) is 33.9 Å². The van der Waals surface area contributed by atoms with Crippen LogP contribution in [0.1, 0.15) is 42.8 Å². The summed E-state index contributed by atoms with van der Waals surface area (Å²) < 4.78 is 1.20. The Balaban J connectivity index is 1.98. The molecule has 7 nitrogen and oxygen atoms in total. The second-order valence-electron chi connectivity index (χ2n) is 6.66. The van der Waals surface area contributed by atoms with Gasteiger partial charge in [-0.05, 0) is 31.9 Å². The predicted molar refractivity (Wildman–Crippen MR) is 95.2 cm³/mol. The molecule has 0 aliphatic carbocycles. The third-order valence-electron chi connectivity index (χ3n) is 4.82. The fourth-order valence-electron chi connectivity index (χ4n) is 3.72. The highest BCUT2D eigenvalue weighted by molar-refractivity contribution is 5.85. The highest BCUT2D eigenvalue weighted by atomic mass is 16.3. The van der Waals surface area contributed by atoms with Crippen molar-refractivity contribution in [2.75, 3.05) is 6.54 Å². The number of para-hydroxylation sites is 1. The van der Waals surface area contributed by atoms with Gasteiger partial charge in [0, 0.05) is 29.2 Å². The third-order valence-corrected chi connectivity index (χ3v) is 4.82. The van der Waals surface area contributed by atoms with Gasteiger partial charge < -0.3 is 15.4 Å². The van der Waals surface area contributed by atoms with Crippen LogP contribution in [0.5, 0.6) is 5.88 Å². The Kier molecular flexibility index (Phi) is 3.54. The topological polar surface area (TPSA) is 103 Å². The van der Waals surface area contributed by atoms with Crippen molar-refractivity contribution in [3.8, 4) is 5.88 Å². The largest absolute Gasteiger partial charge is 0.494 e. The van der Waals surface area contributed by atoms with E-state index < -0.39 is 17.3 Å². The molecule has 130 valence electrons. The molecule has 4 N–H and O–H groups in total. The van der Waals surface area contributed by atoms with E-state index in [9.17, 15) is 14.7 Å². The minimum Gasteiger partial charge on any atom is -0.494 e. The normalized spacial score (nSPS) is 17.2. The van der Waals surface area contributed by atoms with E-state index in [1.54, 1.807) is 13.8 Å². The minimum absolute atomic E-state index is 0.167. The quantitative estimate of drug-likeness (QED) is 0.568. The number of H-pyrrole nitrogens is 2. The van der Waals surface area contributed by atoms with Crippen LogP contribution in [-0.4, -0.2) is 26.2 Å². The van der Waals surface area contributed by atoms with Crippen molar-refractivity contribution in [1.82, 2.24) is 19.9 Å². The van der Waals surface area contributed by atoms with Gasteiger partial charge >= 0.3 is 5.69 Å². The maximum Gasteiger partial charge on any atom is 0.331 e. The molecule has 0 saturated heterocycles. The van der Waals surface area contributed by atoms with Gasteiger partial charge in [0.25, 0.3) is 5.56 Å². The summed E-state index contributed by atoms with van der Waals surface area (Å²) >= 11 is 0. The summed E-state index contributed by atoms with van der Waals surface area (Å²) in [5.74, 6) is -0.284. The van der Waals surface area contributed by atoms with Gasteiger partial charge in [0.1, 0.15) is 5.56 Å². The molecule has 0 saturated carbocycles. The predicted octanol–water partition coefficient (Wildman–Crippen LogP) is 1.54. The first-order valence-electron chi connectivity index (χ1n) is 8.39.